The summed E-state index contributed by atoms with van der Waals surface area (Å²) in [5.41, 5.74) is -0.386. The molecule has 0 aliphatic carbocycles. The third-order valence-corrected chi connectivity index (χ3v) is 8.25. The quantitative estimate of drug-likeness (QED) is 0.236. The molecule has 0 radical (unpaired) electrons. The maximum absolute atomic E-state index is 14.4. The monoisotopic (exact) mass is 616 g/mol. The van der Waals surface area contributed by atoms with Gasteiger partial charge in [0, 0.05) is 37.1 Å². The fourth-order valence-corrected chi connectivity index (χ4v) is 5.90. The first-order valence-corrected chi connectivity index (χ1v) is 13.8. The van der Waals surface area contributed by atoms with Crippen LogP contribution >= 0.6 is 24.8 Å². The van der Waals surface area contributed by atoms with Crippen LogP contribution in [0.4, 0.5) is 4.39 Å². The van der Waals surface area contributed by atoms with Crippen molar-refractivity contribution in [1.82, 2.24) is 23.8 Å². The molecule has 0 saturated heterocycles. The Morgan fingerprint density at radius 2 is 2.05 bits per heavy atom. The molecule has 0 saturated carbocycles. The number of nitriles is 1. The predicted molar refractivity (Wildman–Crippen MR) is 162 cm³/mol. The van der Waals surface area contributed by atoms with Crippen molar-refractivity contribution < 1.29 is 18.7 Å². The van der Waals surface area contributed by atoms with E-state index in [9.17, 15) is 18.8 Å². The Labute approximate surface area is 252 Å². The minimum atomic E-state index is -1.09. The van der Waals surface area contributed by atoms with Gasteiger partial charge in [-0.1, -0.05) is 11.3 Å². The van der Waals surface area contributed by atoms with E-state index in [1.807, 2.05) is 6.07 Å². The molecule has 0 aliphatic rings. The van der Waals surface area contributed by atoms with Crippen LogP contribution in [-0.2, 0) is 16.1 Å². The van der Waals surface area contributed by atoms with Gasteiger partial charge in [-0.15, -0.1) is 0 Å². The number of aromatic nitrogens is 4. The Balaban J connectivity index is 0.00000484. The number of amides is 1. The molecule has 0 N–H and O–H groups in total. The number of likely N-dealkylation sites (N-methyl/N-ethyl adjacent to an activating group) is 1. The molecule has 224 valence electrons. The van der Waals surface area contributed by atoms with Crippen molar-refractivity contribution in [3.8, 4) is 16.8 Å². The Kier molecular flexibility index (Phi) is 10.7. The van der Waals surface area contributed by atoms with Crippen molar-refractivity contribution in [2.45, 2.75) is 45.9 Å². The molecule has 1 aromatic carbocycles. The Morgan fingerprint density at radius 1 is 1.31 bits per heavy atom. The molecule has 14 heteroatoms. The number of nitrogens with zero attached hydrogens (tertiary/aromatic N) is 6. The van der Waals surface area contributed by atoms with Gasteiger partial charge >= 0.3 is 5.69 Å². The first kappa shape index (κ1) is 32.6. The fraction of sp³-hybridized carbons (Fsp3) is 0.393. The highest BCUT2D eigenvalue weighted by atomic mass is 32.1. The van der Waals surface area contributed by atoms with Crippen molar-refractivity contribution in [2.24, 2.45) is 0 Å². The van der Waals surface area contributed by atoms with Gasteiger partial charge in [0.1, 0.15) is 33.5 Å². The fourth-order valence-electron chi connectivity index (χ4n) is 4.66. The molecule has 0 aliphatic heterocycles. The molecule has 11 nitrogen and oxygen atoms in total. The third kappa shape index (κ3) is 6.13. The molecule has 3 heterocycles. The average molecular weight is 617 g/mol. The summed E-state index contributed by atoms with van der Waals surface area (Å²) in [6, 6.07) is 6.62. The molecule has 42 heavy (non-hydrogen) atoms. The number of hydrogen-bond acceptors (Lipinski definition) is 8. The van der Waals surface area contributed by atoms with Crippen LogP contribution in [0.3, 0.4) is 0 Å². The van der Waals surface area contributed by atoms with E-state index in [4.69, 9.17) is 14.7 Å². The van der Waals surface area contributed by atoms with E-state index in [0.717, 1.165) is 4.57 Å². The lowest BCUT2D eigenvalue weighted by molar-refractivity contribution is -0.132. The minimum Gasteiger partial charge on any atom is -0.496 e. The maximum Gasteiger partial charge on any atom is 0.332 e. The summed E-state index contributed by atoms with van der Waals surface area (Å²) in [5, 5.41) is 14.3. The van der Waals surface area contributed by atoms with Gasteiger partial charge in [-0.3, -0.25) is 14.2 Å². The Hall–Kier alpha value is -3.93. The number of halogens is 1. The average Bonchev–Trinajstić information content (AvgIpc) is 3.61. The molecule has 1 amide bonds. The zero-order chi connectivity index (χ0) is 29.8. The summed E-state index contributed by atoms with van der Waals surface area (Å²) >= 11 is 1.20. The van der Waals surface area contributed by atoms with Crippen LogP contribution in [0.1, 0.15) is 43.5 Å². The van der Waals surface area contributed by atoms with Crippen LogP contribution in [0.5, 0.6) is 5.75 Å². The summed E-state index contributed by atoms with van der Waals surface area (Å²) < 4.78 is 29.8. The van der Waals surface area contributed by atoms with E-state index in [-0.39, 0.29) is 38.5 Å². The molecule has 3 aromatic heterocycles. The zero-order valence-electron chi connectivity index (χ0n) is 24.0. The summed E-state index contributed by atoms with van der Waals surface area (Å²) in [6.45, 7) is 5.32. The lowest BCUT2D eigenvalue weighted by atomic mass is 10.1. The second kappa shape index (κ2) is 13.8. The van der Waals surface area contributed by atoms with Gasteiger partial charge in [0.25, 0.3) is 5.56 Å². The number of aryl methyl sites for hydroxylation is 1. The number of carbonyl (C=O) groups excluding carboxylic acids is 1. The van der Waals surface area contributed by atoms with Crippen molar-refractivity contribution >= 4 is 41.0 Å². The van der Waals surface area contributed by atoms with Crippen LogP contribution in [0, 0.1) is 24.1 Å². The molecule has 0 fully saturated rings. The molecule has 0 spiro atoms. The van der Waals surface area contributed by atoms with E-state index in [1.165, 1.54) is 53.0 Å². The van der Waals surface area contributed by atoms with E-state index in [1.54, 1.807) is 44.0 Å². The molecule has 4 rings (SSSR count). The normalized spacial score (nSPS) is 12.4. The lowest BCUT2D eigenvalue weighted by Crippen LogP contribution is -2.46. The van der Waals surface area contributed by atoms with Gasteiger partial charge < -0.3 is 14.4 Å². The third-order valence-electron chi connectivity index (χ3n) is 6.95. The van der Waals surface area contributed by atoms with Gasteiger partial charge in [0.2, 0.25) is 5.91 Å². The predicted octanol–water partition coefficient (Wildman–Crippen LogP) is 3.69. The van der Waals surface area contributed by atoms with Gasteiger partial charge in [-0.2, -0.15) is 23.9 Å². The van der Waals surface area contributed by atoms with Crippen molar-refractivity contribution in [2.75, 3.05) is 27.3 Å². The topological polar surface area (TPSA) is 124 Å². The summed E-state index contributed by atoms with van der Waals surface area (Å²) in [5.74, 6) is -0.600. The molecule has 2 atom stereocenters. The van der Waals surface area contributed by atoms with Crippen molar-refractivity contribution in [3.05, 3.63) is 74.4 Å². The number of hydrogen-bond donors (Lipinski definition) is 0. The number of fused-ring (bicyclic) bond motifs is 1. The van der Waals surface area contributed by atoms with Gasteiger partial charge in [0.05, 0.1) is 38.1 Å². The van der Waals surface area contributed by atoms with Crippen LogP contribution in [-0.4, -0.2) is 57.0 Å². The summed E-state index contributed by atoms with van der Waals surface area (Å²) in [7, 11) is 3.03. The number of methoxy groups -OCH3 is 1. The summed E-state index contributed by atoms with van der Waals surface area (Å²) in [4.78, 5) is 42.9. The molecule has 0 bridgehead atoms. The summed E-state index contributed by atoms with van der Waals surface area (Å²) in [6.07, 6.45) is 2.47. The standard InChI is InChI=1S/C28H31FN6O5S.H2S/c1-6-32(4)24(36)18(3)35-25(37)23-17(2)26(34-13-8-12-31-34)41-27(23)33(28(35)38)16-22(40-14-7-11-30)20-15-19(29)9-10-21(20)39-5;/h8-10,12-13,15,18,22H,6-7,14,16H2,1-5H3;1H2/t18-,22-;/m0./s1. The largest absolute Gasteiger partial charge is 0.496 e. The van der Waals surface area contributed by atoms with Crippen LogP contribution in [0.25, 0.3) is 15.2 Å². The maximum atomic E-state index is 14.4. The number of carbonyl (C=O) groups is 1. The smallest absolute Gasteiger partial charge is 0.332 e. The SMILES string of the molecule is CCN(C)C(=O)[C@H](C)n1c(=O)c2c(C)c(-n3cccn3)sc2n(C[C@H](OCCC#N)c2cc(F)ccc2OC)c1=O.S. The first-order chi connectivity index (χ1) is 19.6. The van der Waals surface area contributed by atoms with Crippen LogP contribution in [0.15, 0.2) is 46.2 Å². The first-order valence-electron chi connectivity index (χ1n) is 13.0. The highest BCUT2D eigenvalue weighted by Crippen LogP contribution is 2.34. The van der Waals surface area contributed by atoms with Crippen molar-refractivity contribution in [1.29, 1.82) is 5.26 Å². The van der Waals surface area contributed by atoms with Gasteiger partial charge in [0.15, 0.2) is 0 Å². The highest BCUT2D eigenvalue weighted by Gasteiger charge is 2.29. The second-order valence-electron chi connectivity index (χ2n) is 9.41. The second-order valence-corrected chi connectivity index (χ2v) is 10.4. The molecule has 0 unspecified atom stereocenters. The van der Waals surface area contributed by atoms with Crippen LogP contribution < -0.4 is 16.0 Å². The lowest BCUT2D eigenvalue weighted by Gasteiger charge is -2.24. The van der Waals surface area contributed by atoms with E-state index in [0.29, 0.717) is 33.3 Å². The number of ether oxygens (including phenoxy) is 2. The van der Waals surface area contributed by atoms with Gasteiger partial charge in [-0.05, 0) is 45.0 Å². The Morgan fingerprint density at radius 3 is 2.67 bits per heavy atom. The Bertz CT molecular complexity index is 1720. The van der Waals surface area contributed by atoms with E-state index < -0.39 is 35.1 Å². The van der Waals surface area contributed by atoms with Crippen molar-refractivity contribution in [3.63, 3.8) is 0 Å². The zero-order valence-corrected chi connectivity index (χ0v) is 25.8. The van der Waals surface area contributed by atoms with E-state index >= 15 is 0 Å². The number of rotatable bonds is 11. The number of thiophene rings is 1. The van der Waals surface area contributed by atoms with E-state index in [2.05, 4.69) is 5.10 Å². The molecular formula is C28H33FN6O5S2. The number of benzene rings is 1. The molecule has 4 aromatic rings. The molecular weight excluding hydrogens is 583 g/mol. The minimum absolute atomic E-state index is 0. The van der Waals surface area contributed by atoms with Gasteiger partial charge in [-0.25, -0.2) is 18.4 Å². The van der Waals surface area contributed by atoms with Crippen LogP contribution in [0.2, 0.25) is 0 Å². The highest BCUT2D eigenvalue weighted by molar-refractivity contribution is 7.59.